The fraction of sp³-hybridized carbons (Fsp3) is 0.714. The van der Waals surface area contributed by atoms with Gasteiger partial charge in [0.15, 0.2) is 0 Å². The minimum absolute atomic E-state index is 0.570. The second kappa shape index (κ2) is 4.83. The Balaban J connectivity index is 3.85. The molecule has 0 heterocycles. The molecule has 0 aliphatic carbocycles. The van der Waals surface area contributed by atoms with Crippen LogP contribution in [0.4, 0.5) is 0 Å². The van der Waals surface area contributed by atoms with Gasteiger partial charge >= 0.3 is 71.1 Å². The quantitative estimate of drug-likeness (QED) is 0.317. The van der Waals surface area contributed by atoms with E-state index in [0.29, 0.717) is 13.2 Å². The first-order valence-electron chi connectivity index (χ1n) is 3.44. The van der Waals surface area contributed by atoms with Crippen molar-refractivity contribution in [3.63, 3.8) is 0 Å². The molecule has 0 bridgehead atoms. The van der Waals surface area contributed by atoms with Gasteiger partial charge in [0.1, 0.15) is 0 Å². The molecular formula is C7H11LiO2. The van der Waals surface area contributed by atoms with Crippen molar-refractivity contribution in [3.05, 3.63) is 0 Å². The van der Waals surface area contributed by atoms with Gasteiger partial charge < -0.3 is 0 Å². The van der Waals surface area contributed by atoms with E-state index in [2.05, 4.69) is 5.92 Å². The van der Waals surface area contributed by atoms with Crippen molar-refractivity contribution in [1.29, 1.82) is 0 Å². The summed E-state index contributed by atoms with van der Waals surface area (Å²) in [6, 6.07) is 0. The fourth-order valence-electron chi connectivity index (χ4n) is 0.676. The van der Waals surface area contributed by atoms with E-state index >= 15 is 0 Å². The van der Waals surface area contributed by atoms with Crippen molar-refractivity contribution in [2.45, 2.75) is 18.3 Å². The van der Waals surface area contributed by atoms with E-state index in [4.69, 9.17) is 15.9 Å². The van der Waals surface area contributed by atoms with Crippen LogP contribution in [-0.2, 0) is 9.47 Å². The van der Waals surface area contributed by atoms with Crippen molar-refractivity contribution in [3.8, 4) is 12.3 Å². The summed E-state index contributed by atoms with van der Waals surface area (Å²) in [4.78, 5) is 0. The standard InChI is InChI=1S/C7H11O2.Li/c1-4-7(8-5-2)9-6-3;/h1H,5-6H2,2-3H3;. The number of ether oxygens (including phenoxy) is 2. The summed E-state index contributed by atoms with van der Waals surface area (Å²) in [5.41, 5.74) is 0. The summed E-state index contributed by atoms with van der Waals surface area (Å²) in [6.45, 7) is 4.91. The van der Waals surface area contributed by atoms with Gasteiger partial charge in [-0.3, -0.25) is 0 Å². The number of terminal acetylenes is 1. The van der Waals surface area contributed by atoms with Gasteiger partial charge in [-0.05, 0) is 0 Å². The summed E-state index contributed by atoms with van der Waals surface area (Å²) in [6.07, 6.45) is 5.18. The second-order valence-corrected chi connectivity index (χ2v) is 1.96. The summed E-state index contributed by atoms with van der Waals surface area (Å²) >= 11 is 1.74. The average Bonchev–Trinajstić information content (AvgIpc) is 1.89. The van der Waals surface area contributed by atoms with Gasteiger partial charge in [-0.2, -0.15) is 0 Å². The van der Waals surface area contributed by atoms with E-state index in [1.54, 1.807) is 17.7 Å². The number of rotatable bonds is 4. The van der Waals surface area contributed by atoms with Gasteiger partial charge in [0.2, 0.25) is 0 Å². The second-order valence-electron chi connectivity index (χ2n) is 1.96. The predicted molar refractivity (Wildman–Crippen MR) is 40.6 cm³/mol. The van der Waals surface area contributed by atoms with E-state index in [9.17, 15) is 0 Å². The molecule has 0 N–H and O–H groups in total. The van der Waals surface area contributed by atoms with Gasteiger partial charge in [-0.1, -0.05) is 0 Å². The van der Waals surface area contributed by atoms with E-state index in [0.717, 1.165) is 0 Å². The third kappa shape index (κ3) is 3.30. The zero-order valence-corrected chi connectivity index (χ0v) is 6.81. The molecule has 0 radical (unpaired) electrons. The van der Waals surface area contributed by atoms with Crippen molar-refractivity contribution in [1.82, 2.24) is 0 Å². The fourth-order valence-corrected chi connectivity index (χ4v) is 0.676. The van der Waals surface area contributed by atoms with Crippen LogP contribution < -0.4 is 0 Å². The van der Waals surface area contributed by atoms with Crippen molar-refractivity contribution in [2.75, 3.05) is 13.2 Å². The maximum absolute atomic E-state index is 5.18. The molecule has 52 valence electrons. The Bertz CT molecular complexity index is 122. The van der Waals surface area contributed by atoms with Crippen molar-refractivity contribution < 1.29 is 9.47 Å². The van der Waals surface area contributed by atoms with Crippen LogP contribution in [0.25, 0.3) is 0 Å². The molecule has 0 amide bonds. The molecule has 0 spiro atoms. The molecule has 0 aromatic rings. The molecule has 0 saturated heterocycles. The van der Waals surface area contributed by atoms with Crippen LogP contribution in [0.15, 0.2) is 0 Å². The summed E-state index contributed by atoms with van der Waals surface area (Å²) in [5.74, 6) is 2.44. The van der Waals surface area contributed by atoms with Crippen LogP contribution in [0, 0.1) is 12.3 Å². The van der Waals surface area contributed by atoms with E-state index in [1.165, 1.54) is 0 Å². The first kappa shape index (κ1) is 10.1. The molecule has 0 fully saturated rings. The molecule has 2 nitrogen and oxygen atoms in total. The van der Waals surface area contributed by atoms with Crippen LogP contribution >= 0.6 is 0 Å². The van der Waals surface area contributed by atoms with Gasteiger partial charge in [0.25, 0.3) is 0 Å². The zero-order chi connectivity index (χ0) is 8.04. The Morgan fingerprint density at radius 2 is 1.80 bits per heavy atom. The SMILES string of the molecule is [Li][C](C#C)(OCC)OCC. The Morgan fingerprint density at radius 3 is 2.00 bits per heavy atom. The molecule has 0 aromatic carbocycles. The van der Waals surface area contributed by atoms with Gasteiger partial charge in [0.05, 0.1) is 0 Å². The molecule has 3 heteroatoms. The molecule has 0 unspecified atom stereocenters. The molecular weight excluding hydrogens is 123 g/mol. The van der Waals surface area contributed by atoms with Crippen LogP contribution in [0.1, 0.15) is 13.8 Å². The first-order chi connectivity index (χ1) is 4.68. The van der Waals surface area contributed by atoms with Crippen molar-refractivity contribution >= 4 is 17.7 Å². The Morgan fingerprint density at radius 1 is 1.40 bits per heavy atom. The molecule has 0 aromatic heterocycles. The van der Waals surface area contributed by atoms with Gasteiger partial charge in [-0.25, -0.2) is 0 Å². The molecule has 0 atom stereocenters. The molecule has 0 aliphatic rings. The van der Waals surface area contributed by atoms with Gasteiger partial charge in [0, 0.05) is 0 Å². The predicted octanol–water partition coefficient (Wildman–Crippen LogP) is 0.515. The van der Waals surface area contributed by atoms with E-state index in [1.807, 2.05) is 13.8 Å². The van der Waals surface area contributed by atoms with Crippen LogP contribution in [-0.4, -0.2) is 35.4 Å². The minimum atomic E-state index is -0.830. The maximum atomic E-state index is 5.18. The molecule has 0 rings (SSSR count). The molecule has 0 aliphatic heterocycles. The Kier molecular flexibility index (Phi) is 4.86. The summed E-state index contributed by atoms with van der Waals surface area (Å²) in [5, 5.41) is 0. The third-order valence-corrected chi connectivity index (χ3v) is 1.10. The van der Waals surface area contributed by atoms with Gasteiger partial charge in [-0.15, -0.1) is 0 Å². The number of hydrogen-bond donors (Lipinski definition) is 0. The van der Waals surface area contributed by atoms with Crippen LogP contribution in [0.5, 0.6) is 0 Å². The summed E-state index contributed by atoms with van der Waals surface area (Å²) < 4.78 is 9.49. The monoisotopic (exact) mass is 134 g/mol. The normalized spacial score (nSPS) is 11.1. The van der Waals surface area contributed by atoms with Crippen LogP contribution in [0.3, 0.4) is 0 Å². The average molecular weight is 134 g/mol. The van der Waals surface area contributed by atoms with E-state index < -0.39 is 4.46 Å². The third-order valence-electron chi connectivity index (χ3n) is 1.10. The number of hydrogen-bond acceptors (Lipinski definition) is 2. The molecule has 0 saturated carbocycles. The topological polar surface area (TPSA) is 18.5 Å². The Labute approximate surface area is 71.5 Å². The van der Waals surface area contributed by atoms with E-state index in [-0.39, 0.29) is 0 Å². The van der Waals surface area contributed by atoms with Crippen molar-refractivity contribution in [2.24, 2.45) is 0 Å². The zero-order valence-electron chi connectivity index (χ0n) is 6.81. The summed E-state index contributed by atoms with van der Waals surface area (Å²) in [7, 11) is 0. The van der Waals surface area contributed by atoms with Crippen LogP contribution in [0.2, 0.25) is 0 Å². The molecule has 10 heavy (non-hydrogen) atoms. The Hall–Kier alpha value is 0.0774. The first-order valence-corrected chi connectivity index (χ1v) is 3.44.